The quantitative estimate of drug-likeness (QED) is 0.813. The summed E-state index contributed by atoms with van der Waals surface area (Å²) in [6, 6.07) is 0. The molecule has 1 amide bonds. The first-order valence-corrected chi connectivity index (χ1v) is 5.31. The van der Waals surface area contributed by atoms with Crippen molar-refractivity contribution in [1.82, 2.24) is 14.7 Å². The highest BCUT2D eigenvalue weighted by Crippen LogP contribution is 2.15. The molecule has 0 saturated heterocycles. The third-order valence-corrected chi connectivity index (χ3v) is 2.92. The molecule has 4 nitrogen and oxygen atoms in total. The average Bonchev–Trinajstić information content (AvgIpc) is 2.69. The van der Waals surface area contributed by atoms with Crippen LogP contribution in [-0.4, -0.2) is 21.8 Å². The van der Waals surface area contributed by atoms with E-state index in [0.717, 1.165) is 10.7 Å². The van der Waals surface area contributed by atoms with Gasteiger partial charge in [-0.25, -0.2) is 4.98 Å². The van der Waals surface area contributed by atoms with Gasteiger partial charge in [-0.1, -0.05) is 0 Å². The Hall–Kier alpha value is -1.36. The summed E-state index contributed by atoms with van der Waals surface area (Å²) in [5.41, 5.74) is 1.59. The van der Waals surface area contributed by atoms with E-state index in [1.807, 2.05) is 23.6 Å². The second-order valence-corrected chi connectivity index (χ2v) is 3.85. The molecule has 0 spiro atoms. The van der Waals surface area contributed by atoms with Gasteiger partial charge in [0.2, 0.25) is 0 Å². The summed E-state index contributed by atoms with van der Waals surface area (Å²) in [6.45, 7) is 4.51. The van der Waals surface area contributed by atoms with Crippen LogP contribution in [0.5, 0.6) is 0 Å². The normalized spacial score (nSPS) is 10.7. The molecular weight excluding hydrogens is 198 g/mol. The molecule has 0 aliphatic carbocycles. The van der Waals surface area contributed by atoms with Crippen LogP contribution in [0.1, 0.15) is 23.1 Å². The van der Waals surface area contributed by atoms with Crippen molar-refractivity contribution in [1.29, 1.82) is 0 Å². The number of amides is 1. The minimum Gasteiger partial charge on any atom is -0.351 e. The summed E-state index contributed by atoms with van der Waals surface area (Å²) < 4.78 is 1.93. The standard InChI is InChI=1S/C9H11N3OS/c1-3-10-8(13)7-4-12-6(2)5-14-9(12)11-7/h4-5H,3H2,1-2H3,(H,10,13). The number of hydrogen-bond donors (Lipinski definition) is 1. The SMILES string of the molecule is CCNC(=O)c1cn2c(C)csc2n1. The minimum absolute atomic E-state index is 0.109. The predicted molar refractivity (Wildman–Crippen MR) is 55.8 cm³/mol. The summed E-state index contributed by atoms with van der Waals surface area (Å²) in [5, 5.41) is 4.74. The number of nitrogens with one attached hydrogen (secondary N) is 1. The Labute approximate surface area is 85.6 Å². The predicted octanol–water partition coefficient (Wildman–Crippen LogP) is 1.45. The number of hydrogen-bond acceptors (Lipinski definition) is 3. The molecule has 0 unspecified atom stereocenters. The van der Waals surface area contributed by atoms with Gasteiger partial charge in [-0.2, -0.15) is 0 Å². The molecule has 2 heterocycles. The fraction of sp³-hybridized carbons (Fsp3) is 0.333. The van der Waals surface area contributed by atoms with E-state index < -0.39 is 0 Å². The highest BCUT2D eigenvalue weighted by molar-refractivity contribution is 7.15. The first kappa shape index (κ1) is 9.21. The maximum Gasteiger partial charge on any atom is 0.271 e. The van der Waals surface area contributed by atoms with Crippen LogP contribution in [0.25, 0.3) is 4.96 Å². The molecule has 0 aromatic carbocycles. The van der Waals surface area contributed by atoms with Crippen LogP contribution in [0, 0.1) is 6.92 Å². The molecule has 74 valence electrons. The molecule has 0 aliphatic rings. The van der Waals surface area contributed by atoms with Gasteiger partial charge < -0.3 is 5.32 Å². The Balaban J connectivity index is 2.40. The number of thiazole rings is 1. The molecule has 0 bridgehead atoms. The molecule has 0 radical (unpaired) electrons. The summed E-state index contributed by atoms with van der Waals surface area (Å²) in [6.07, 6.45) is 1.77. The maximum absolute atomic E-state index is 11.4. The van der Waals surface area contributed by atoms with Crippen LogP contribution in [0.2, 0.25) is 0 Å². The lowest BCUT2D eigenvalue weighted by molar-refractivity contribution is 0.0951. The molecule has 2 aromatic rings. The van der Waals surface area contributed by atoms with Crippen molar-refractivity contribution in [3.05, 3.63) is 23.0 Å². The highest BCUT2D eigenvalue weighted by Gasteiger charge is 2.11. The Bertz CT molecular complexity index is 471. The molecule has 1 N–H and O–H groups in total. The van der Waals surface area contributed by atoms with Crippen molar-refractivity contribution in [2.45, 2.75) is 13.8 Å². The Morgan fingerprint density at radius 3 is 3.14 bits per heavy atom. The number of nitrogens with zero attached hydrogens (tertiary/aromatic N) is 2. The molecule has 0 fully saturated rings. The van der Waals surface area contributed by atoms with Crippen LogP contribution >= 0.6 is 11.3 Å². The molecule has 0 atom stereocenters. The van der Waals surface area contributed by atoms with Gasteiger partial charge in [0.05, 0.1) is 0 Å². The van der Waals surface area contributed by atoms with Crippen LogP contribution in [0.3, 0.4) is 0 Å². The van der Waals surface area contributed by atoms with Crippen molar-refractivity contribution in [3.8, 4) is 0 Å². The Morgan fingerprint density at radius 1 is 1.71 bits per heavy atom. The second-order valence-electron chi connectivity index (χ2n) is 3.02. The minimum atomic E-state index is -0.109. The van der Waals surface area contributed by atoms with E-state index in [-0.39, 0.29) is 5.91 Å². The lowest BCUT2D eigenvalue weighted by Gasteiger charge is -1.95. The maximum atomic E-state index is 11.4. The van der Waals surface area contributed by atoms with Crippen molar-refractivity contribution in [3.63, 3.8) is 0 Å². The highest BCUT2D eigenvalue weighted by atomic mass is 32.1. The topological polar surface area (TPSA) is 46.4 Å². The third-order valence-electron chi connectivity index (χ3n) is 1.96. The molecule has 5 heteroatoms. The van der Waals surface area contributed by atoms with E-state index in [4.69, 9.17) is 0 Å². The number of fused-ring (bicyclic) bond motifs is 1. The average molecular weight is 209 g/mol. The van der Waals surface area contributed by atoms with Gasteiger partial charge in [-0.05, 0) is 13.8 Å². The summed E-state index contributed by atoms with van der Waals surface area (Å²) in [5.74, 6) is -0.109. The van der Waals surface area contributed by atoms with Crippen molar-refractivity contribution in [2.75, 3.05) is 6.54 Å². The summed E-state index contributed by atoms with van der Waals surface area (Å²) in [4.78, 5) is 16.5. The van der Waals surface area contributed by atoms with Gasteiger partial charge in [0, 0.05) is 23.8 Å². The Morgan fingerprint density at radius 2 is 2.50 bits per heavy atom. The first-order valence-electron chi connectivity index (χ1n) is 4.43. The van der Waals surface area contributed by atoms with E-state index in [0.29, 0.717) is 12.2 Å². The zero-order valence-electron chi connectivity index (χ0n) is 8.07. The number of carbonyl (C=O) groups is 1. The molecule has 14 heavy (non-hydrogen) atoms. The summed E-state index contributed by atoms with van der Waals surface area (Å²) >= 11 is 1.54. The first-order chi connectivity index (χ1) is 6.72. The number of rotatable bonds is 2. The lowest BCUT2D eigenvalue weighted by atomic mass is 10.4. The smallest absolute Gasteiger partial charge is 0.271 e. The number of aromatic nitrogens is 2. The number of imidazole rings is 1. The van der Waals surface area contributed by atoms with E-state index in [1.165, 1.54) is 0 Å². The van der Waals surface area contributed by atoms with Crippen molar-refractivity contribution in [2.24, 2.45) is 0 Å². The molecular formula is C9H11N3OS. The van der Waals surface area contributed by atoms with Gasteiger partial charge >= 0.3 is 0 Å². The zero-order valence-corrected chi connectivity index (χ0v) is 8.89. The van der Waals surface area contributed by atoms with Crippen molar-refractivity contribution < 1.29 is 4.79 Å². The zero-order chi connectivity index (χ0) is 10.1. The molecule has 0 saturated carbocycles. The van der Waals surface area contributed by atoms with Crippen molar-refractivity contribution >= 4 is 22.2 Å². The molecule has 2 rings (SSSR count). The number of aryl methyl sites for hydroxylation is 1. The van der Waals surface area contributed by atoms with Crippen LogP contribution < -0.4 is 5.32 Å². The third kappa shape index (κ3) is 1.39. The number of carbonyl (C=O) groups excluding carboxylic acids is 1. The monoisotopic (exact) mass is 209 g/mol. The van der Waals surface area contributed by atoms with E-state index >= 15 is 0 Å². The van der Waals surface area contributed by atoms with Gasteiger partial charge in [0.15, 0.2) is 4.96 Å². The fourth-order valence-corrected chi connectivity index (χ4v) is 2.11. The molecule has 0 aliphatic heterocycles. The largest absolute Gasteiger partial charge is 0.351 e. The van der Waals surface area contributed by atoms with E-state index in [1.54, 1.807) is 17.5 Å². The van der Waals surface area contributed by atoms with Crippen LogP contribution in [0.15, 0.2) is 11.6 Å². The van der Waals surface area contributed by atoms with Gasteiger partial charge in [-0.3, -0.25) is 9.20 Å². The van der Waals surface area contributed by atoms with Gasteiger partial charge in [0.25, 0.3) is 5.91 Å². The van der Waals surface area contributed by atoms with Gasteiger partial charge in [0.1, 0.15) is 5.69 Å². The fourth-order valence-electron chi connectivity index (χ4n) is 1.25. The summed E-state index contributed by atoms with van der Waals surface area (Å²) in [7, 11) is 0. The Kier molecular flexibility index (Phi) is 2.25. The van der Waals surface area contributed by atoms with Crippen LogP contribution in [0.4, 0.5) is 0 Å². The van der Waals surface area contributed by atoms with Crippen LogP contribution in [-0.2, 0) is 0 Å². The van der Waals surface area contributed by atoms with Gasteiger partial charge in [-0.15, -0.1) is 11.3 Å². The van der Waals surface area contributed by atoms with E-state index in [9.17, 15) is 4.79 Å². The molecule has 2 aromatic heterocycles. The van der Waals surface area contributed by atoms with E-state index in [2.05, 4.69) is 10.3 Å². The lowest BCUT2D eigenvalue weighted by Crippen LogP contribution is -2.22. The second kappa shape index (κ2) is 3.42.